The van der Waals surface area contributed by atoms with E-state index in [1.54, 1.807) is 12.1 Å². The van der Waals surface area contributed by atoms with Crippen molar-refractivity contribution >= 4 is 5.91 Å². The summed E-state index contributed by atoms with van der Waals surface area (Å²) in [5.74, 6) is 1.15. The molecule has 144 valence electrons. The second kappa shape index (κ2) is 7.76. The molecule has 2 saturated heterocycles. The first kappa shape index (κ1) is 18.1. The predicted octanol–water partition coefficient (Wildman–Crippen LogP) is 2.97. The van der Waals surface area contributed by atoms with E-state index in [1.807, 2.05) is 4.90 Å². The number of rotatable bonds is 3. The number of hydrogen-bond acceptors (Lipinski definition) is 5. The smallest absolute Gasteiger partial charge is 0.231 e. The number of nitrogens with zero attached hydrogens (tertiary/aromatic N) is 3. The fourth-order valence-corrected chi connectivity index (χ4v) is 4.11. The van der Waals surface area contributed by atoms with Gasteiger partial charge >= 0.3 is 0 Å². The maximum absolute atomic E-state index is 13.1. The van der Waals surface area contributed by atoms with Gasteiger partial charge in [-0.3, -0.25) is 4.79 Å². The fraction of sp³-hybridized carbons (Fsp3) is 0.550. The molecule has 0 radical (unpaired) electrons. The third-order valence-corrected chi connectivity index (χ3v) is 5.60. The molecule has 3 heterocycles. The number of piperidine rings is 2. The Labute approximate surface area is 158 Å². The predicted molar refractivity (Wildman–Crippen MR) is 98.4 cm³/mol. The average molecular weight is 372 g/mol. The molecule has 0 saturated carbocycles. The van der Waals surface area contributed by atoms with E-state index in [0.717, 1.165) is 44.3 Å². The Morgan fingerprint density at radius 3 is 2.89 bits per heavy atom. The van der Waals surface area contributed by atoms with Gasteiger partial charge in [0.2, 0.25) is 17.6 Å². The molecular weight excluding hydrogens is 347 g/mol. The highest BCUT2D eigenvalue weighted by molar-refractivity contribution is 5.79. The van der Waals surface area contributed by atoms with E-state index >= 15 is 0 Å². The first-order chi connectivity index (χ1) is 13.1. The highest BCUT2D eigenvalue weighted by atomic mass is 19.1. The monoisotopic (exact) mass is 372 g/mol. The molecule has 4 rings (SSSR count). The van der Waals surface area contributed by atoms with Gasteiger partial charge in [0, 0.05) is 30.6 Å². The maximum Gasteiger partial charge on any atom is 0.231 e. The molecular formula is C20H25FN4O2. The lowest BCUT2D eigenvalue weighted by molar-refractivity contribution is -0.138. The maximum atomic E-state index is 13.1. The Balaban J connectivity index is 1.44. The summed E-state index contributed by atoms with van der Waals surface area (Å²) in [6, 6.07) is 6.43. The van der Waals surface area contributed by atoms with Crippen molar-refractivity contribution in [2.24, 2.45) is 5.92 Å². The highest BCUT2D eigenvalue weighted by Gasteiger charge is 2.33. The molecule has 1 aromatic heterocycles. The third-order valence-electron chi connectivity index (χ3n) is 5.60. The molecule has 0 spiro atoms. The van der Waals surface area contributed by atoms with Crippen LogP contribution >= 0.6 is 0 Å². The molecule has 27 heavy (non-hydrogen) atoms. The number of likely N-dealkylation sites (tertiary alicyclic amines) is 1. The van der Waals surface area contributed by atoms with Gasteiger partial charge in [-0.1, -0.05) is 5.16 Å². The van der Waals surface area contributed by atoms with Crippen LogP contribution in [-0.4, -0.2) is 46.6 Å². The molecule has 2 aromatic rings. The normalized spacial score (nSPS) is 26.1. The van der Waals surface area contributed by atoms with Crippen LogP contribution in [0.3, 0.4) is 0 Å². The van der Waals surface area contributed by atoms with Crippen LogP contribution in [0.4, 0.5) is 4.39 Å². The van der Waals surface area contributed by atoms with Gasteiger partial charge in [0.15, 0.2) is 0 Å². The van der Waals surface area contributed by atoms with Crippen LogP contribution in [0.5, 0.6) is 0 Å². The van der Waals surface area contributed by atoms with Crippen LogP contribution in [0.15, 0.2) is 28.8 Å². The second-order valence-electron chi connectivity index (χ2n) is 7.66. The van der Waals surface area contributed by atoms with E-state index in [2.05, 4.69) is 22.4 Å². The van der Waals surface area contributed by atoms with Crippen molar-refractivity contribution in [2.45, 2.75) is 44.6 Å². The Morgan fingerprint density at radius 1 is 1.30 bits per heavy atom. The molecule has 2 aliphatic heterocycles. The minimum atomic E-state index is -0.295. The lowest BCUT2D eigenvalue weighted by atomic mass is 9.90. The minimum Gasteiger partial charge on any atom is -0.342 e. The summed E-state index contributed by atoms with van der Waals surface area (Å²) in [5, 5.41) is 7.44. The molecule has 6 nitrogen and oxygen atoms in total. The Bertz CT molecular complexity index is 792. The third kappa shape index (κ3) is 4.03. The van der Waals surface area contributed by atoms with Crippen LogP contribution < -0.4 is 5.32 Å². The van der Waals surface area contributed by atoms with E-state index in [1.165, 1.54) is 12.1 Å². The summed E-state index contributed by atoms with van der Waals surface area (Å²) >= 11 is 0. The average Bonchev–Trinajstić information content (AvgIpc) is 3.18. The SMILES string of the molecule is C[C@H]1C[C@@H](C(=O)N2CCCC(c3nc(-c4ccc(F)cc4)no3)C2)CCN1. The molecule has 0 aliphatic carbocycles. The molecule has 2 aliphatic rings. The topological polar surface area (TPSA) is 71.3 Å². The molecule has 1 amide bonds. The number of benzene rings is 1. The zero-order chi connectivity index (χ0) is 18.8. The standard InChI is InChI=1S/C20H25FN4O2/c1-13-11-15(8-9-22-13)20(26)25-10-2-3-16(12-25)19-23-18(24-27-19)14-4-6-17(21)7-5-14/h4-7,13,15-16,22H,2-3,8-12H2,1H3/t13-,15-,16?/m0/s1. The zero-order valence-electron chi connectivity index (χ0n) is 15.5. The van der Waals surface area contributed by atoms with E-state index in [9.17, 15) is 9.18 Å². The van der Waals surface area contributed by atoms with Crippen molar-refractivity contribution in [3.8, 4) is 11.4 Å². The van der Waals surface area contributed by atoms with Crippen LogP contribution in [0, 0.1) is 11.7 Å². The van der Waals surface area contributed by atoms with E-state index < -0.39 is 0 Å². The van der Waals surface area contributed by atoms with Crippen molar-refractivity contribution in [3.63, 3.8) is 0 Å². The number of aromatic nitrogens is 2. The van der Waals surface area contributed by atoms with Gasteiger partial charge in [0.05, 0.1) is 5.92 Å². The summed E-state index contributed by atoms with van der Waals surface area (Å²) in [7, 11) is 0. The first-order valence-electron chi connectivity index (χ1n) is 9.72. The molecule has 2 fully saturated rings. The number of halogens is 1. The number of nitrogens with one attached hydrogen (secondary N) is 1. The van der Waals surface area contributed by atoms with Gasteiger partial charge in [-0.15, -0.1) is 0 Å². The van der Waals surface area contributed by atoms with Crippen LogP contribution in [0.25, 0.3) is 11.4 Å². The summed E-state index contributed by atoms with van der Waals surface area (Å²) < 4.78 is 18.6. The van der Waals surface area contributed by atoms with Crippen LogP contribution in [0.1, 0.15) is 44.4 Å². The van der Waals surface area contributed by atoms with Crippen molar-refractivity contribution < 1.29 is 13.7 Å². The van der Waals surface area contributed by atoms with E-state index in [-0.39, 0.29) is 23.6 Å². The van der Waals surface area contributed by atoms with Gasteiger partial charge in [-0.2, -0.15) is 4.98 Å². The van der Waals surface area contributed by atoms with Crippen LogP contribution in [-0.2, 0) is 4.79 Å². The van der Waals surface area contributed by atoms with Gasteiger partial charge in [0.25, 0.3) is 0 Å². The number of amides is 1. The van der Waals surface area contributed by atoms with Crippen molar-refractivity contribution in [1.82, 2.24) is 20.4 Å². The molecule has 3 atom stereocenters. The zero-order valence-corrected chi connectivity index (χ0v) is 15.5. The summed E-state index contributed by atoms with van der Waals surface area (Å²) in [6.07, 6.45) is 3.66. The first-order valence-corrected chi connectivity index (χ1v) is 9.72. The van der Waals surface area contributed by atoms with E-state index in [0.29, 0.717) is 24.3 Å². The summed E-state index contributed by atoms with van der Waals surface area (Å²) in [4.78, 5) is 19.4. The Kier molecular flexibility index (Phi) is 5.20. The second-order valence-corrected chi connectivity index (χ2v) is 7.66. The fourth-order valence-electron chi connectivity index (χ4n) is 4.11. The minimum absolute atomic E-state index is 0.0588. The quantitative estimate of drug-likeness (QED) is 0.897. The Hall–Kier alpha value is -2.28. The van der Waals surface area contributed by atoms with Gasteiger partial charge in [0.1, 0.15) is 5.82 Å². The molecule has 1 N–H and O–H groups in total. The van der Waals surface area contributed by atoms with E-state index in [4.69, 9.17) is 4.52 Å². The molecule has 7 heteroatoms. The lowest BCUT2D eigenvalue weighted by Gasteiger charge is -2.36. The van der Waals surface area contributed by atoms with Gasteiger partial charge in [-0.05, 0) is 63.4 Å². The summed E-state index contributed by atoms with van der Waals surface area (Å²) in [6.45, 7) is 4.46. The highest BCUT2D eigenvalue weighted by Crippen LogP contribution is 2.29. The largest absolute Gasteiger partial charge is 0.342 e. The number of carbonyl (C=O) groups is 1. The molecule has 1 aromatic carbocycles. The van der Waals surface area contributed by atoms with Crippen molar-refractivity contribution in [2.75, 3.05) is 19.6 Å². The molecule has 1 unspecified atom stereocenters. The van der Waals surface area contributed by atoms with Crippen LogP contribution in [0.2, 0.25) is 0 Å². The van der Waals surface area contributed by atoms with Gasteiger partial charge < -0.3 is 14.7 Å². The van der Waals surface area contributed by atoms with Gasteiger partial charge in [-0.25, -0.2) is 4.39 Å². The van der Waals surface area contributed by atoms with Crippen molar-refractivity contribution in [3.05, 3.63) is 36.0 Å². The Morgan fingerprint density at radius 2 is 2.11 bits per heavy atom. The number of carbonyl (C=O) groups excluding carboxylic acids is 1. The molecule has 0 bridgehead atoms. The number of hydrogen-bond donors (Lipinski definition) is 1. The summed E-state index contributed by atoms with van der Waals surface area (Å²) in [5.41, 5.74) is 0.721. The van der Waals surface area contributed by atoms with Crippen molar-refractivity contribution in [1.29, 1.82) is 0 Å². The lowest BCUT2D eigenvalue weighted by Crippen LogP contribution is -2.47.